The Morgan fingerprint density at radius 3 is 2.83 bits per heavy atom. The third kappa shape index (κ3) is 2.45. The lowest BCUT2D eigenvalue weighted by molar-refractivity contribution is 0.134. The minimum atomic E-state index is 0.0191. The highest BCUT2D eigenvalue weighted by Gasteiger charge is 2.14. The fraction of sp³-hybridized carbons (Fsp3) is 0.286. The number of nitrogens with two attached hydrogens (primary N) is 1. The van der Waals surface area contributed by atoms with Crippen LogP contribution < -0.4 is 5.73 Å². The summed E-state index contributed by atoms with van der Waals surface area (Å²) in [4.78, 5) is 1.23. The van der Waals surface area contributed by atoms with Gasteiger partial charge in [0.25, 0.3) is 0 Å². The van der Waals surface area contributed by atoms with Crippen LogP contribution in [-0.4, -0.2) is 0 Å². The van der Waals surface area contributed by atoms with E-state index >= 15 is 0 Å². The van der Waals surface area contributed by atoms with Crippen molar-refractivity contribution in [2.75, 3.05) is 0 Å². The molecule has 2 N–H and O–H groups in total. The molecule has 0 saturated carbocycles. The maximum Gasteiger partial charge on any atom is 0.0931 e. The van der Waals surface area contributed by atoms with E-state index in [4.69, 9.17) is 22.1 Å². The quantitative estimate of drug-likeness (QED) is 0.930. The van der Waals surface area contributed by atoms with Crippen LogP contribution in [0.15, 0.2) is 30.3 Å². The number of rotatable bonds is 3. The van der Waals surface area contributed by atoms with Crippen molar-refractivity contribution < 1.29 is 4.74 Å². The van der Waals surface area contributed by atoms with Crippen LogP contribution in [0.25, 0.3) is 0 Å². The van der Waals surface area contributed by atoms with Crippen molar-refractivity contribution in [3.8, 4) is 0 Å². The largest absolute Gasteiger partial charge is 0.372 e. The van der Waals surface area contributed by atoms with E-state index in [1.807, 2.05) is 12.1 Å². The zero-order valence-corrected chi connectivity index (χ0v) is 11.4. The Morgan fingerprint density at radius 1 is 1.22 bits per heavy atom. The number of ether oxygens (including phenoxy) is 1. The Balaban J connectivity index is 1.78. The van der Waals surface area contributed by atoms with Crippen LogP contribution in [-0.2, 0) is 24.4 Å². The fourth-order valence-electron chi connectivity index (χ4n) is 2.22. The van der Waals surface area contributed by atoms with Gasteiger partial charge in [-0.05, 0) is 28.8 Å². The van der Waals surface area contributed by atoms with Crippen LogP contribution in [0.4, 0.5) is 0 Å². The van der Waals surface area contributed by atoms with E-state index in [-0.39, 0.29) is 6.04 Å². The third-order valence-electron chi connectivity index (χ3n) is 3.22. The number of benzene rings is 1. The van der Waals surface area contributed by atoms with Crippen molar-refractivity contribution >= 4 is 22.9 Å². The van der Waals surface area contributed by atoms with Gasteiger partial charge in [-0.25, -0.2) is 0 Å². The van der Waals surface area contributed by atoms with Gasteiger partial charge in [0.05, 0.1) is 17.6 Å². The number of hydrogen-bond donors (Lipinski definition) is 1. The molecule has 1 atom stereocenters. The number of hydrogen-bond acceptors (Lipinski definition) is 3. The van der Waals surface area contributed by atoms with Gasteiger partial charge in [-0.15, -0.1) is 11.3 Å². The number of fused-ring (bicyclic) bond motifs is 1. The van der Waals surface area contributed by atoms with E-state index in [9.17, 15) is 0 Å². The van der Waals surface area contributed by atoms with Crippen molar-refractivity contribution in [3.63, 3.8) is 0 Å². The molecule has 3 rings (SSSR count). The molecule has 2 heterocycles. The zero-order chi connectivity index (χ0) is 12.5. The molecule has 4 heteroatoms. The zero-order valence-electron chi connectivity index (χ0n) is 9.86. The lowest BCUT2D eigenvalue weighted by Gasteiger charge is -2.12. The van der Waals surface area contributed by atoms with Gasteiger partial charge < -0.3 is 10.5 Å². The van der Waals surface area contributed by atoms with Gasteiger partial charge in [0.15, 0.2) is 0 Å². The number of thiophene rings is 1. The lowest BCUT2D eigenvalue weighted by atomic mass is 9.99. The number of halogens is 1. The molecule has 0 radical (unpaired) electrons. The highest BCUT2D eigenvalue weighted by atomic mass is 35.5. The average molecular weight is 280 g/mol. The molecule has 18 heavy (non-hydrogen) atoms. The summed E-state index contributed by atoms with van der Waals surface area (Å²) in [5.41, 5.74) is 9.98. The smallest absolute Gasteiger partial charge is 0.0931 e. The summed E-state index contributed by atoms with van der Waals surface area (Å²) in [7, 11) is 0. The normalized spacial score (nSPS) is 15.7. The predicted molar refractivity (Wildman–Crippen MR) is 74.9 cm³/mol. The fourth-order valence-corrected chi connectivity index (χ4v) is 3.36. The van der Waals surface area contributed by atoms with Crippen LogP contribution in [0.1, 0.15) is 27.6 Å². The molecule has 2 aromatic rings. The Morgan fingerprint density at radius 2 is 2.06 bits per heavy atom. The summed E-state index contributed by atoms with van der Waals surface area (Å²) in [5.74, 6) is 0. The summed E-state index contributed by atoms with van der Waals surface area (Å²) in [6.45, 7) is 1.44. The second kappa shape index (κ2) is 5.02. The maximum absolute atomic E-state index is 6.25. The topological polar surface area (TPSA) is 35.2 Å². The van der Waals surface area contributed by atoms with Gasteiger partial charge in [0, 0.05) is 17.3 Å². The molecule has 94 valence electrons. The first-order valence-corrected chi connectivity index (χ1v) is 7.11. The molecule has 1 unspecified atom stereocenters. The molecule has 0 aliphatic carbocycles. The molecule has 0 bridgehead atoms. The van der Waals surface area contributed by atoms with Crippen LogP contribution >= 0.6 is 22.9 Å². The molecule has 0 fully saturated rings. The lowest BCUT2D eigenvalue weighted by Crippen LogP contribution is -2.13. The molecule has 1 aliphatic heterocycles. The molecular formula is C14H14ClNOS. The molecule has 1 aromatic heterocycles. The Kier molecular flexibility index (Phi) is 3.39. The predicted octanol–water partition coefficient (Wildman–Crippen LogP) is 3.67. The van der Waals surface area contributed by atoms with Crippen LogP contribution in [0.5, 0.6) is 0 Å². The maximum atomic E-state index is 6.25. The summed E-state index contributed by atoms with van der Waals surface area (Å²) in [6, 6.07) is 10.4. The minimum absolute atomic E-state index is 0.0191. The van der Waals surface area contributed by atoms with E-state index < -0.39 is 0 Å². The van der Waals surface area contributed by atoms with E-state index in [1.165, 1.54) is 21.6 Å². The molecule has 2 nitrogen and oxygen atoms in total. The van der Waals surface area contributed by atoms with Crippen LogP contribution in [0, 0.1) is 0 Å². The van der Waals surface area contributed by atoms with Gasteiger partial charge in [-0.1, -0.05) is 29.8 Å². The van der Waals surface area contributed by atoms with Crippen molar-refractivity contribution in [2.24, 2.45) is 5.73 Å². The molecule has 1 aliphatic rings. The SMILES string of the molecule is NC(Cc1ccc(Cl)s1)c1ccc2c(c1)COC2. The highest BCUT2D eigenvalue weighted by Crippen LogP contribution is 2.28. The summed E-state index contributed by atoms with van der Waals surface area (Å²) >= 11 is 7.52. The summed E-state index contributed by atoms with van der Waals surface area (Å²) in [6.07, 6.45) is 0.830. The van der Waals surface area contributed by atoms with E-state index in [1.54, 1.807) is 11.3 Å². The van der Waals surface area contributed by atoms with Crippen LogP contribution in [0.3, 0.4) is 0 Å². The van der Waals surface area contributed by atoms with E-state index in [0.29, 0.717) is 6.61 Å². The first kappa shape index (κ1) is 12.2. The standard InChI is InChI=1S/C14H14ClNOS/c15-14-4-3-12(18-14)6-13(16)9-1-2-10-7-17-8-11(10)5-9/h1-5,13H,6-8,16H2. The highest BCUT2D eigenvalue weighted by molar-refractivity contribution is 7.16. The average Bonchev–Trinajstić information content (AvgIpc) is 2.96. The second-order valence-corrected chi connectivity index (χ2v) is 6.34. The van der Waals surface area contributed by atoms with Gasteiger partial charge in [0.1, 0.15) is 0 Å². The summed E-state index contributed by atoms with van der Waals surface area (Å²) < 4.78 is 6.23. The van der Waals surface area contributed by atoms with Crippen molar-refractivity contribution in [2.45, 2.75) is 25.7 Å². The first-order chi connectivity index (χ1) is 8.72. The van der Waals surface area contributed by atoms with Gasteiger partial charge in [-0.3, -0.25) is 0 Å². The molecule has 1 aromatic carbocycles. The molecule has 0 spiro atoms. The molecule has 0 amide bonds. The Bertz CT molecular complexity index is 567. The molecule has 0 saturated heterocycles. The van der Waals surface area contributed by atoms with Crippen LogP contribution in [0.2, 0.25) is 4.34 Å². The summed E-state index contributed by atoms with van der Waals surface area (Å²) in [5, 5.41) is 0. The van der Waals surface area contributed by atoms with Crippen molar-refractivity contribution in [1.29, 1.82) is 0 Å². The van der Waals surface area contributed by atoms with Gasteiger partial charge >= 0.3 is 0 Å². The van der Waals surface area contributed by atoms with Crippen molar-refractivity contribution in [3.05, 3.63) is 56.2 Å². The Labute approximate surface area is 115 Å². The van der Waals surface area contributed by atoms with Gasteiger partial charge in [-0.2, -0.15) is 0 Å². The van der Waals surface area contributed by atoms with E-state index in [0.717, 1.165) is 17.4 Å². The monoisotopic (exact) mass is 279 g/mol. The van der Waals surface area contributed by atoms with Gasteiger partial charge in [0.2, 0.25) is 0 Å². The first-order valence-electron chi connectivity index (χ1n) is 5.91. The Hall–Kier alpha value is -0.870. The second-order valence-electron chi connectivity index (χ2n) is 4.54. The minimum Gasteiger partial charge on any atom is -0.372 e. The van der Waals surface area contributed by atoms with Crippen molar-refractivity contribution in [1.82, 2.24) is 0 Å². The van der Waals surface area contributed by atoms with E-state index in [2.05, 4.69) is 18.2 Å². The molecular weight excluding hydrogens is 266 g/mol. The third-order valence-corrected chi connectivity index (χ3v) is 4.48.